The van der Waals surface area contributed by atoms with Crippen LogP contribution in [-0.4, -0.2) is 52.6 Å². The molecule has 1 atom stereocenters. The fourth-order valence-corrected chi connectivity index (χ4v) is 4.60. The molecule has 1 unspecified atom stereocenters. The Morgan fingerprint density at radius 1 is 1.28 bits per heavy atom. The second kappa shape index (κ2) is 10.8. The Hall–Kier alpha value is -1.10. The van der Waals surface area contributed by atoms with E-state index in [9.17, 15) is 14.7 Å². The van der Waals surface area contributed by atoms with Crippen molar-refractivity contribution in [3.05, 3.63) is 35.9 Å². The number of halogens is 1. The number of benzene rings is 1. The second-order valence-electron chi connectivity index (χ2n) is 5.67. The van der Waals surface area contributed by atoms with Crippen LogP contribution in [0.1, 0.15) is 25.8 Å². The number of carboxylic acids is 1. The maximum atomic E-state index is 12.6. The van der Waals surface area contributed by atoms with Crippen LogP contribution in [-0.2, 0) is 27.9 Å². The van der Waals surface area contributed by atoms with E-state index in [0.717, 1.165) is 17.9 Å². The number of alkyl halides is 1. The van der Waals surface area contributed by atoms with E-state index in [1.807, 2.05) is 44.2 Å². The Morgan fingerprint density at radius 3 is 2.36 bits per heavy atom. The van der Waals surface area contributed by atoms with Gasteiger partial charge in [-0.25, -0.2) is 9.59 Å². The standard InChI is InChI=1S/C17H25ClNO4PS/c1-3-24(25,4-2)13-19(15(10-11-18)16(20)21)17(22)23-12-14-8-6-5-7-9-14/h5-9,15H,3-4,10-13H2,1-2H3,(H,20,21). The van der Waals surface area contributed by atoms with E-state index >= 15 is 0 Å². The molecular weight excluding hydrogens is 381 g/mol. The topological polar surface area (TPSA) is 66.8 Å². The number of rotatable bonds is 10. The van der Waals surface area contributed by atoms with Crippen LogP contribution >= 0.6 is 17.6 Å². The summed E-state index contributed by atoms with van der Waals surface area (Å²) in [6, 6.07) is 6.37. The lowest BCUT2D eigenvalue weighted by Gasteiger charge is -2.32. The predicted octanol–water partition coefficient (Wildman–Crippen LogP) is 4.18. The van der Waals surface area contributed by atoms with Crippen molar-refractivity contribution in [2.24, 2.45) is 0 Å². The number of hydrogen-bond acceptors (Lipinski definition) is 4. The van der Waals surface area contributed by atoms with Crippen LogP contribution in [0, 0.1) is 0 Å². The Labute approximate surface area is 159 Å². The summed E-state index contributed by atoms with van der Waals surface area (Å²) in [6.45, 7) is 4.05. The zero-order valence-corrected chi connectivity index (χ0v) is 17.0. The fourth-order valence-electron chi connectivity index (χ4n) is 2.30. The van der Waals surface area contributed by atoms with Gasteiger partial charge in [-0.2, -0.15) is 0 Å². The molecule has 1 aromatic carbocycles. The van der Waals surface area contributed by atoms with Gasteiger partial charge in [-0.3, -0.25) is 4.90 Å². The molecule has 0 fully saturated rings. The number of nitrogens with zero attached hydrogens (tertiary/aromatic N) is 1. The zero-order chi connectivity index (χ0) is 18.9. The number of carbonyl (C=O) groups excluding carboxylic acids is 1. The molecule has 0 spiro atoms. The molecule has 1 amide bonds. The van der Waals surface area contributed by atoms with Crippen LogP contribution in [0.5, 0.6) is 0 Å². The van der Waals surface area contributed by atoms with Gasteiger partial charge in [0.1, 0.15) is 12.6 Å². The lowest BCUT2D eigenvalue weighted by Crippen LogP contribution is -2.46. The molecule has 0 saturated carbocycles. The highest BCUT2D eigenvalue weighted by atomic mass is 35.5. The third kappa shape index (κ3) is 6.96. The number of ether oxygens (including phenoxy) is 1. The van der Waals surface area contributed by atoms with Crippen molar-refractivity contribution < 1.29 is 19.4 Å². The molecule has 140 valence electrons. The molecule has 0 aliphatic heterocycles. The van der Waals surface area contributed by atoms with E-state index in [1.54, 1.807) is 0 Å². The molecule has 1 rings (SSSR count). The van der Waals surface area contributed by atoms with Crippen LogP contribution in [0.15, 0.2) is 30.3 Å². The van der Waals surface area contributed by atoms with Gasteiger partial charge in [0, 0.05) is 5.88 Å². The molecule has 0 aromatic heterocycles. The SMILES string of the molecule is CCP(=S)(CC)CN(C(=O)OCc1ccccc1)C(CCCl)C(=O)O. The van der Waals surface area contributed by atoms with Gasteiger partial charge in [0.2, 0.25) is 0 Å². The largest absolute Gasteiger partial charge is 0.480 e. The minimum absolute atomic E-state index is 0.0878. The van der Waals surface area contributed by atoms with E-state index in [1.165, 1.54) is 4.90 Å². The molecule has 0 radical (unpaired) electrons. The average molecular weight is 406 g/mol. The van der Waals surface area contributed by atoms with Crippen LogP contribution in [0.4, 0.5) is 4.79 Å². The lowest BCUT2D eigenvalue weighted by atomic mass is 10.2. The number of carboxylic acid groups (broad SMARTS) is 1. The third-order valence-corrected chi connectivity index (χ3v) is 9.29. The van der Waals surface area contributed by atoms with Gasteiger partial charge in [0.25, 0.3) is 0 Å². The number of carbonyl (C=O) groups is 2. The normalized spacial score (nSPS) is 12.4. The Morgan fingerprint density at radius 2 is 1.88 bits per heavy atom. The highest BCUT2D eigenvalue weighted by Crippen LogP contribution is 2.46. The molecule has 0 saturated heterocycles. The van der Waals surface area contributed by atoms with Gasteiger partial charge in [0.05, 0.1) is 6.29 Å². The van der Waals surface area contributed by atoms with Crippen LogP contribution in [0.25, 0.3) is 0 Å². The third-order valence-electron chi connectivity index (χ3n) is 4.05. The Balaban J connectivity index is 2.96. The quantitative estimate of drug-likeness (QED) is 0.467. The summed E-state index contributed by atoms with van der Waals surface area (Å²) in [4.78, 5) is 25.5. The van der Waals surface area contributed by atoms with Gasteiger partial charge in [-0.15, -0.1) is 11.6 Å². The highest BCUT2D eigenvalue weighted by molar-refractivity contribution is 8.14. The minimum atomic E-state index is -1.85. The van der Waals surface area contributed by atoms with E-state index in [4.69, 9.17) is 28.1 Å². The first kappa shape index (κ1) is 21.9. The number of amides is 1. The minimum Gasteiger partial charge on any atom is -0.480 e. The van der Waals surface area contributed by atoms with Crippen LogP contribution in [0.2, 0.25) is 0 Å². The Bertz CT molecular complexity index is 606. The summed E-state index contributed by atoms with van der Waals surface area (Å²) < 4.78 is 5.35. The van der Waals surface area contributed by atoms with Crippen LogP contribution in [0.3, 0.4) is 0 Å². The van der Waals surface area contributed by atoms with Crippen molar-refractivity contribution in [2.45, 2.75) is 32.9 Å². The van der Waals surface area contributed by atoms with Crippen molar-refractivity contribution in [2.75, 3.05) is 24.5 Å². The molecule has 1 N–H and O–H groups in total. The molecule has 0 heterocycles. The smallest absolute Gasteiger partial charge is 0.411 e. The first-order chi connectivity index (χ1) is 11.9. The van der Waals surface area contributed by atoms with Gasteiger partial charge >= 0.3 is 12.1 Å². The summed E-state index contributed by atoms with van der Waals surface area (Å²) in [7, 11) is 0. The van der Waals surface area contributed by atoms with Gasteiger partial charge < -0.3 is 9.84 Å². The summed E-state index contributed by atoms with van der Waals surface area (Å²) in [6.07, 6.45) is 1.26. The molecule has 0 aliphatic carbocycles. The monoisotopic (exact) mass is 405 g/mol. The first-order valence-corrected chi connectivity index (χ1v) is 12.1. The van der Waals surface area contributed by atoms with E-state index in [-0.39, 0.29) is 25.2 Å². The number of hydrogen-bond donors (Lipinski definition) is 1. The van der Waals surface area contributed by atoms with Crippen molar-refractivity contribution in [3.8, 4) is 0 Å². The molecular formula is C17H25ClNO4PS. The first-order valence-electron chi connectivity index (χ1n) is 8.20. The maximum absolute atomic E-state index is 12.6. The molecule has 0 bridgehead atoms. The fraction of sp³-hybridized carbons (Fsp3) is 0.529. The predicted molar refractivity (Wildman–Crippen MR) is 105 cm³/mol. The second-order valence-corrected chi connectivity index (χ2v) is 12.0. The summed E-state index contributed by atoms with van der Waals surface area (Å²) in [5.74, 6) is -0.952. The summed E-state index contributed by atoms with van der Waals surface area (Å²) in [5, 5.41) is 9.52. The molecule has 25 heavy (non-hydrogen) atoms. The van der Waals surface area contributed by atoms with Crippen molar-refractivity contribution >= 4 is 41.5 Å². The number of aliphatic carboxylic acids is 1. The van der Waals surface area contributed by atoms with Crippen molar-refractivity contribution in [1.82, 2.24) is 4.90 Å². The van der Waals surface area contributed by atoms with Gasteiger partial charge in [0.15, 0.2) is 0 Å². The van der Waals surface area contributed by atoms with E-state index in [2.05, 4.69) is 0 Å². The van der Waals surface area contributed by atoms with Crippen molar-refractivity contribution in [1.29, 1.82) is 0 Å². The molecule has 8 heteroatoms. The van der Waals surface area contributed by atoms with Gasteiger partial charge in [-0.1, -0.05) is 56.0 Å². The van der Waals surface area contributed by atoms with Gasteiger partial charge in [-0.05, 0) is 30.3 Å². The highest BCUT2D eigenvalue weighted by Gasteiger charge is 2.33. The zero-order valence-electron chi connectivity index (χ0n) is 14.6. The summed E-state index contributed by atoms with van der Waals surface area (Å²) >= 11 is 11.4. The van der Waals surface area contributed by atoms with Crippen LogP contribution < -0.4 is 0 Å². The van der Waals surface area contributed by atoms with E-state index in [0.29, 0.717) is 0 Å². The maximum Gasteiger partial charge on any atom is 0.411 e. The van der Waals surface area contributed by atoms with E-state index < -0.39 is 24.1 Å². The lowest BCUT2D eigenvalue weighted by molar-refractivity contribution is -0.142. The Kier molecular flexibility index (Phi) is 9.47. The van der Waals surface area contributed by atoms with Crippen molar-refractivity contribution in [3.63, 3.8) is 0 Å². The molecule has 5 nitrogen and oxygen atoms in total. The molecule has 1 aromatic rings. The summed E-state index contributed by atoms with van der Waals surface area (Å²) in [5.41, 5.74) is 0.838. The average Bonchev–Trinajstić information content (AvgIpc) is 2.63. The molecule has 0 aliphatic rings.